The minimum atomic E-state index is 0.279. The van der Waals surface area contributed by atoms with Gasteiger partial charge in [0.25, 0.3) is 0 Å². The minimum absolute atomic E-state index is 0.279. The Labute approximate surface area is 55.5 Å². The fourth-order valence-corrected chi connectivity index (χ4v) is 1.26. The molecule has 1 saturated carbocycles. The van der Waals surface area contributed by atoms with Gasteiger partial charge in [-0.25, -0.2) is 0 Å². The molecule has 1 rings (SSSR count). The molecule has 2 atom stereocenters. The second kappa shape index (κ2) is 1.51. The highest BCUT2D eigenvalue weighted by atomic mass is 35.5. The smallest absolute Gasteiger partial charge is 0.0435 e. The summed E-state index contributed by atoms with van der Waals surface area (Å²) in [5, 5.41) is 0.361. The molecule has 2 unspecified atom stereocenters. The summed E-state index contributed by atoms with van der Waals surface area (Å²) in [5.74, 6) is 0. The van der Waals surface area contributed by atoms with Crippen LogP contribution in [0.5, 0.6) is 0 Å². The lowest BCUT2D eigenvalue weighted by Crippen LogP contribution is -1.96. The van der Waals surface area contributed by atoms with E-state index in [2.05, 4.69) is 13.5 Å². The van der Waals surface area contributed by atoms with Crippen LogP contribution in [0.1, 0.15) is 20.3 Å². The van der Waals surface area contributed by atoms with E-state index in [1.807, 2.05) is 6.92 Å². The number of allylic oxidation sites excluding steroid dienone is 1. The van der Waals surface area contributed by atoms with Crippen LogP contribution in [0.25, 0.3) is 0 Å². The Bertz CT molecular complexity index is 128. The lowest BCUT2D eigenvalue weighted by molar-refractivity contribution is 0.695. The van der Waals surface area contributed by atoms with E-state index in [1.165, 1.54) is 5.57 Å². The fraction of sp³-hybridized carbons (Fsp3) is 0.714. The SMILES string of the molecule is C=C(C)C1(C)CC1Cl. The van der Waals surface area contributed by atoms with E-state index >= 15 is 0 Å². The normalized spacial score (nSPS) is 44.1. The van der Waals surface area contributed by atoms with Crippen molar-refractivity contribution in [2.45, 2.75) is 25.6 Å². The van der Waals surface area contributed by atoms with Gasteiger partial charge in [0.15, 0.2) is 0 Å². The molecule has 0 heterocycles. The topological polar surface area (TPSA) is 0 Å². The van der Waals surface area contributed by atoms with Crippen LogP contribution in [0.2, 0.25) is 0 Å². The maximum atomic E-state index is 5.83. The third-order valence-corrected chi connectivity index (χ3v) is 2.75. The standard InChI is InChI=1S/C7H11Cl/c1-5(2)7(3)4-6(7)8/h6H,1,4H2,2-3H3. The molecule has 0 aromatic heterocycles. The lowest BCUT2D eigenvalue weighted by Gasteiger charge is -2.05. The first kappa shape index (κ1) is 6.15. The number of hydrogen-bond acceptors (Lipinski definition) is 0. The molecule has 0 radical (unpaired) electrons. The van der Waals surface area contributed by atoms with Crippen molar-refractivity contribution < 1.29 is 0 Å². The molecule has 1 heteroatoms. The molecular weight excluding hydrogens is 120 g/mol. The van der Waals surface area contributed by atoms with Gasteiger partial charge in [-0.15, -0.1) is 11.6 Å². The van der Waals surface area contributed by atoms with Crippen LogP contribution in [-0.2, 0) is 0 Å². The maximum Gasteiger partial charge on any atom is 0.0435 e. The highest BCUT2D eigenvalue weighted by Crippen LogP contribution is 2.54. The van der Waals surface area contributed by atoms with Gasteiger partial charge >= 0.3 is 0 Å². The lowest BCUT2D eigenvalue weighted by atomic mass is 10.0. The Morgan fingerprint density at radius 3 is 2.25 bits per heavy atom. The van der Waals surface area contributed by atoms with Crippen LogP contribution < -0.4 is 0 Å². The molecule has 1 fully saturated rings. The van der Waals surface area contributed by atoms with Crippen molar-refractivity contribution in [3.8, 4) is 0 Å². The number of alkyl halides is 1. The molecule has 0 nitrogen and oxygen atoms in total. The zero-order valence-electron chi connectivity index (χ0n) is 5.37. The van der Waals surface area contributed by atoms with Gasteiger partial charge in [-0.1, -0.05) is 19.1 Å². The zero-order valence-corrected chi connectivity index (χ0v) is 6.13. The Morgan fingerprint density at radius 2 is 2.25 bits per heavy atom. The molecule has 0 aromatic carbocycles. The zero-order chi connectivity index (χ0) is 6.36. The first-order chi connectivity index (χ1) is 3.57. The second-order valence-electron chi connectivity index (χ2n) is 2.87. The molecule has 0 amide bonds. The van der Waals surface area contributed by atoms with Crippen molar-refractivity contribution >= 4 is 11.6 Å². The van der Waals surface area contributed by atoms with E-state index in [0.29, 0.717) is 5.38 Å². The number of rotatable bonds is 1. The predicted molar refractivity (Wildman–Crippen MR) is 37.2 cm³/mol. The van der Waals surface area contributed by atoms with Crippen LogP contribution in [0.3, 0.4) is 0 Å². The summed E-state index contributed by atoms with van der Waals surface area (Å²) in [6, 6.07) is 0. The fourth-order valence-electron chi connectivity index (χ4n) is 0.755. The molecule has 8 heavy (non-hydrogen) atoms. The Hall–Kier alpha value is 0.0300. The summed E-state index contributed by atoms with van der Waals surface area (Å²) in [7, 11) is 0. The molecule has 1 aliphatic rings. The molecule has 0 spiro atoms. The van der Waals surface area contributed by atoms with Gasteiger partial charge in [0.2, 0.25) is 0 Å². The van der Waals surface area contributed by atoms with E-state index in [1.54, 1.807) is 0 Å². The Kier molecular flexibility index (Phi) is 1.16. The highest BCUT2D eigenvalue weighted by molar-refractivity contribution is 6.23. The molecule has 0 aliphatic heterocycles. The largest absolute Gasteiger partial charge is 0.122 e. The van der Waals surface area contributed by atoms with Gasteiger partial charge in [0.1, 0.15) is 0 Å². The van der Waals surface area contributed by atoms with Crippen LogP contribution in [0, 0.1) is 5.41 Å². The molecule has 0 N–H and O–H groups in total. The van der Waals surface area contributed by atoms with E-state index in [-0.39, 0.29) is 5.41 Å². The summed E-state index contributed by atoms with van der Waals surface area (Å²) in [4.78, 5) is 0. The number of halogens is 1. The van der Waals surface area contributed by atoms with E-state index in [4.69, 9.17) is 11.6 Å². The molecular formula is C7H11Cl. The maximum absolute atomic E-state index is 5.83. The summed E-state index contributed by atoms with van der Waals surface area (Å²) in [6.45, 7) is 8.06. The highest BCUT2D eigenvalue weighted by Gasteiger charge is 2.49. The second-order valence-corrected chi connectivity index (χ2v) is 3.40. The Morgan fingerprint density at radius 1 is 1.88 bits per heavy atom. The molecule has 0 aromatic rings. The van der Waals surface area contributed by atoms with E-state index in [9.17, 15) is 0 Å². The first-order valence-corrected chi connectivity index (χ1v) is 3.31. The summed E-state index contributed by atoms with van der Waals surface area (Å²) in [5.41, 5.74) is 1.50. The summed E-state index contributed by atoms with van der Waals surface area (Å²) >= 11 is 5.83. The van der Waals surface area contributed by atoms with Crippen molar-refractivity contribution in [2.24, 2.45) is 5.41 Å². The van der Waals surface area contributed by atoms with Crippen molar-refractivity contribution in [3.63, 3.8) is 0 Å². The molecule has 0 saturated heterocycles. The third-order valence-electron chi connectivity index (χ3n) is 2.11. The van der Waals surface area contributed by atoms with Crippen LogP contribution in [0.15, 0.2) is 12.2 Å². The van der Waals surface area contributed by atoms with Gasteiger partial charge < -0.3 is 0 Å². The van der Waals surface area contributed by atoms with Crippen molar-refractivity contribution in [1.82, 2.24) is 0 Å². The van der Waals surface area contributed by atoms with Crippen molar-refractivity contribution in [1.29, 1.82) is 0 Å². The minimum Gasteiger partial charge on any atom is -0.122 e. The predicted octanol–water partition coefficient (Wildman–Crippen LogP) is 2.58. The van der Waals surface area contributed by atoms with Crippen LogP contribution in [0.4, 0.5) is 0 Å². The molecule has 46 valence electrons. The summed E-state index contributed by atoms with van der Waals surface area (Å²) in [6.07, 6.45) is 1.11. The van der Waals surface area contributed by atoms with Gasteiger partial charge in [0.05, 0.1) is 0 Å². The van der Waals surface area contributed by atoms with Gasteiger partial charge in [0, 0.05) is 10.8 Å². The average Bonchev–Trinajstić information content (AvgIpc) is 2.17. The van der Waals surface area contributed by atoms with Gasteiger partial charge in [-0.2, -0.15) is 0 Å². The van der Waals surface area contributed by atoms with Crippen LogP contribution in [-0.4, -0.2) is 5.38 Å². The summed E-state index contributed by atoms with van der Waals surface area (Å²) < 4.78 is 0. The van der Waals surface area contributed by atoms with Crippen molar-refractivity contribution in [3.05, 3.63) is 12.2 Å². The van der Waals surface area contributed by atoms with Gasteiger partial charge in [-0.3, -0.25) is 0 Å². The molecule has 0 bridgehead atoms. The third kappa shape index (κ3) is 0.675. The van der Waals surface area contributed by atoms with Gasteiger partial charge in [-0.05, 0) is 13.3 Å². The Balaban J connectivity index is 2.60. The number of hydrogen-bond donors (Lipinski definition) is 0. The molecule has 1 aliphatic carbocycles. The van der Waals surface area contributed by atoms with E-state index in [0.717, 1.165) is 6.42 Å². The average molecular weight is 131 g/mol. The van der Waals surface area contributed by atoms with Crippen molar-refractivity contribution in [2.75, 3.05) is 0 Å². The first-order valence-electron chi connectivity index (χ1n) is 2.87. The van der Waals surface area contributed by atoms with Crippen LogP contribution >= 0.6 is 11.6 Å². The monoisotopic (exact) mass is 130 g/mol. The van der Waals surface area contributed by atoms with E-state index < -0.39 is 0 Å². The quantitative estimate of drug-likeness (QED) is 0.378.